The average molecular weight is 172 g/mol. The van der Waals surface area contributed by atoms with Crippen LogP contribution < -0.4 is 11.1 Å². The fourth-order valence-corrected chi connectivity index (χ4v) is 1.63. The average Bonchev–Trinajstić information content (AvgIpc) is 2.47. The molecular formula is C9H20N2O. The molecule has 0 aromatic carbocycles. The van der Waals surface area contributed by atoms with Gasteiger partial charge in [-0.25, -0.2) is 0 Å². The van der Waals surface area contributed by atoms with Crippen molar-refractivity contribution in [3.63, 3.8) is 0 Å². The Morgan fingerprint density at radius 2 is 2.33 bits per heavy atom. The summed E-state index contributed by atoms with van der Waals surface area (Å²) in [7, 11) is 0. The van der Waals surface area contributed by atoms with E-state index in [4.69, 9.17) is 10.8 Å². The summed E-state index contributed by atoms with van der Waals surface area (Å²) in [4.78, 5) is 0. The molecule has 4 N–H and O–H groups in total. The van der Waals surface area contributed by atoms with Crippen LogP contribution in [-0.4, -0.2) is 30.3 Å². The lowest BCUT2D eigenvalue weighted by molar-refractivity contribution is 0.230. The van der Waals surface area contributed by atoms with Gasteiger partial charge in [0.15, 0.2) is 0 Å². The zero-order valence-corrected chi connectivity index (χ0v) is 7.79. The molecule has 0 aliphatic heterocycles. The van der Waals surface area contributed by atoms with Crippen LogP contribution in [-0.2, 0) is 0 Å². The number of nitrogens with two attached hydrogens (primary N) is 1. The maximum atomic E-state index is 8.80. The monoisotopic (exact) mass is 172 g/mol. The van der Waals surface area contributed by atoms with Gasteiger partial charge in [0.25, 0.3) is 0 Å². The van der Waals surface area contributed by atoms with Crippen molar-refractivity contribution in [1.82, 2.24) is 5.32 Å². The van der Waals surface area contributed by atoms with Crippen molar-refractivity contribution in [2.75, 3.05) is 13.2 Å². The molecule has 3 heteroatoms. The van der Waals surface area contributed by atoms with Crippen molar-refractivity contribution in [3.05, 3.63) is 0 Å². The normalized spacial score (nSPS) is 32.2. The van der Waals surface area contributed by atoms with Crippen molar-refractivity contribution in [1.29, 1.82) is 0 Å². The Hall–Kier alpha value is -0.120. The van der Waals surface area contributed by atoms with Gasteiger partial charge in [-0.3, -0.25) is 0 Å². The Bertz CT molecular complexity index is 130. The van der Waals surface area contributed by atoms with Crippen LogP contribution in [0, 0.1) is 5.92 Å². The third-order valence-electron chi connectivity index (χ3n) is 2.54. The zero-order chi connectivity index (χ0) is 8.97. The second-order valence-corrected chi connectivity index (χ2v) is 3.97. The van der Waals surface area contributed by atoms with Crippen molar-refractivity contribution in [2.45, 2.75) is 38.3 Å². The summed E-state index contributed by atoms with van der Waals surface area (Å²) >= 11 is 0. The number of nitrogens with one attached hydrogen (secondary N) is 1. The summed E-state index contributed by atoms with van der Waals surface area (Å²) in [5.74, 6) is 0.363. The van der Waals surface area contributed by atoms with E-state index < -0.39 is 0 Å². The first-order valence-corrected chi connectivity index (χ1v) is 4.82. The van der Waals surface area contributed by atoms with Gasteiger partial charge < -0.3 is 16.2 Å². The van der Waals surface area contributed by atoms with Crippen LogP contribution in [0.3, 0.4) is 0 Å². The second kappa shape index (κ2) is 4.80. The molecule has 0 spiro atoms. The Morgan fingerprint density at radius 3 is 2.83 bits per heavy atom. The van der Waals surface area contributed by atoms with Crippen LogP contribution in [0.1, 0.15) is 26.2 Å². The van der Waals surface area contributed by atoms with E-state index in [0.717, 1.165) is 19.4 Å². The molecule has 12 heavy (non-hydrogen) atoms. The van der Waals surface area contributed by atoms with Gasteiger partial charge in [-0.05, 0) is 25.2 Å². The first kappa shape index (κ1) is 9.96. The number of aliphatic hydroxyl groups excluding tert-OH is 1. The predicted octanol–water partition coefficient (Wildman–Crippen LogP) is 0.0842. The molecule has 3 nitrogen and oxygen atoms in total. The molecule has 0 aromatic heterocycles. The smallest absolute Gasteiger partial charge is 0.0468 e. The Morgan fingerprint density at radius 1 is 1.58 bits per heavy atom. The van der Waals surface area contributed by atoms with E-state index in [1.807, 2.05) is 6.92 Å². The first-order chi connectivity index (χ1) is 5.72. The molecule has 0 radical (unpaired) electrons. The van der Waals surface area contributed by atoms with Crippen LogP contribution in [0.5, 0.6) is 0 Å². The van der Waals surface area contributed by atoms with Crippen molar-refractivity contribution >= 4 is 0 Å². The topological polar surface area (TPSA) is 58.3 Å². The highest BCUT2D eigenvalue weighted by atomic mass is 16.3. The maximum Gasteiger partial charge on any atom is 0.0468 e. The lowest BCUT2D eigenvalue weighted by Gasteiger charge is -2.15. The second-order valence-electron chi connectivity index (χ2n) is 3.97. The van der Waals surface area contributed by atoms with Gasteiger partial charge in [-0.15, -0.1) is 0 Å². The first-order valence-electron chi connectivity index (χ1n) is 4.82. The molecule has 1 saturated carbocycles. The van der Waals surface area contributed by atoms with E-state index in [9.17, 15) is 0 Å². The van der Waals surface area contributed by atoms with E-state index in [1.54, 1.807) is 0 Å². The van der Waals surface area contributed by atoms with Crippen LogP contribution in [0.15, 0.2) is 0 Å². The molecule has 72 valence electrons. The Balaban J connectivity index is 2.07. The van der Waals surface area contributed by atoms with E-state index in [1.165, 1.54) is 6.42 Å². The summed E-state index contributed by atoms with van der Waals surface area (Å²) in [5.41, 5.74) is 5.77. The highest BCUT2D eigenvalue weighted by Crippen LogP contribution is 2.16. The fourth-order valence-electron chi connectivity index (χ4n) is 1.63. The zero-order valence-electron chi connectivity index (χ0n) is 7.79. The Kier molecular flexibility index (Phi) is 3.98. The summed E-state index contributed by atoms with van der Waals surface area (Å²) in [6.07, 6.45) is 3.43. The summed E-state index contributed by atoms with van der Waals surface area (Å²) in [6.45, 7) is 3.22. The number of rotatable bonds is 4. The van der Waals surface area contributed by atoms with Crippen molar-refractivity contribution < 1.29 is 5.11 Å². The molecule has 0 amide bonds. The minimum absolute atomic E-state index is 0.270. The number of aliphatic hydroxyl groups is 1. The summed E-state index contributed by atoms with van der Waals surface area (Å²) in [6, 6.07) is 0.987. The maximum absolute atomic E-state index is 8.80. The lowest BCUT2D eigenvalue weighted by atomic mass is 10.1. The number of hydrogen-bond donors (Lipinski definition) is 3. The molecule has 3 unspecified atom stereocenters. The van der Waals surface area contributed by atoms with Gasteiger partial charge >= 0.3 is 0 Å². The third-order valence-corrected chi connectivity index (χ3v) is 2.54. The minimum atomic E-state index is 0.270. The molecule has 3 atom stereocenters. The molecule has 0 aromatic rings. The summed E-state index contributed by atoms with van der Waals surface area (Å²) < 4.78 is 0. The predicted molar refractivity (Wildman–Crippen MR) is 49.9 cm³/mol. The molecule has 1 aliphatic carbocycles. The van der Waals surface area contributed by atoms with Gasteiger partial charge in [-0.1, -0.05) is 6.92 Å². The molecular weight excluding hydrogens is 152 g/mol. The molecule has 0 saturated heterocycles. The van der Waals surface area contributed by atoms with Gasteiger partial charge in [0.1, 0.15) is 0 Å². The highest BCUT2D eigenvalue weighted by molar-refractivity contribution is 4.82. The van der Waals surface area contributed by atoms with Crippen molar-refractivity contribution in [2.24, 2.45) is 11.7 Å². The van der Waals surface area contributed by atoms with Crippen LogP contribution in [0.2, 0.25) is 0 Å². The number of hydrogen-bond acceptors (Lipinski definition) is 3. The van der Waals surface area contributed by atoms with Crippen LogP contribution in [0.4, 0.5) is 0 Å². The standard InChI is InChI=1S/C9H20N2O/c1-7(6-12)5-11-9-3-2-8(10)4-9/h7-9,11-12H,2-6,10H2,1H3. The molecule has 1 aliphatic rings. The van der Waals surface area contributed by atoms with Crippen LogP contribution >= 0.6 is 0 Å². The largest absolute Gasteiger partial charge is 0.396 e. The van der Waals surface area contributed by atoms with E-state index in [-0.39, 0.29) is 6.61 Å². The molecule has 0 heterocycles. The SMILES string of the molecule is CC(CO)CNC1CCC(N)C1. The van der Waals surface area contributed by atoms with E-state index in [0.29, 0.717) is 18.0 Å². The van der Waals surface area contributed by atoms with Crippen molar-refractivity contribution in [3.8, 4) is 0 Å². The summed E-state index contributed by atoms with van der Waals surface area (Å²) in [5, 5.41) is 12.2. The fraction of sp³-hybridized carbons (Fsp3) is 1.00. The van der Waals surface area contributed by atoms with Crippen LogP contribution in [0.25, 0.3) is 0 Å². The van der Waals surface area contributed by atoms with E-state index >= 15 is 0 Å². The molecule has 0 bridgehead atoms. The van der Waals surface area contributed by atoms with Gasteiger partial charge in [0.05, 0.1) is 0 Å². The molecule has 1 fully saturated rings. The van der Waals surface area contributed by atoms with Gasteiger partial charge in [0, 0.05) is 25.2 Å². The lowest BCUT2D eigenvalue weighted by Crippen LogP contribution is -2.32. The van der Waals surface area contributed by atoms with E-state index in [2.05, 4.69) is 5.32 Å². The minimum Gasteiger partial charge on any atom is -0.396 e. The van der Waals surface area contributed by atoms with Gasteiger partial charge in [0.2, 0.25) is 0 Å². The third kappa shape index (κ3) is 3.09. The highest BCUT2D eigenvalue weighted by Gasteiger charge is 2.21. The van der Waals surface area contributed by atoms with Gasteiger partial charge in [-0.2, -0.15) is 0 Å². The molecule has 1 rings (SSSR count). The Labute approximate surface area is 74.3 Å². The quantitative estimate of drug-likeness (QED) is 0.563.